The van der Waals surface area contributed by atoms with E-state index < -0.39 is 0 Å². The Morgan fingerprint density at radius 3 is 2.68 bits per heavy atom. The van der Waals surface area contributed by atoms with E-state index in [1.165, 1.54) is 25.7 Å². The lowest BCUT2D eigenvalue weighted by molar-refractivity contribution is -0.132. The zero-order chi connectivity index (χ0) is 14.3. The summed E-state index contributed by atoms with van der Waals surface area (Å²) in [6, 6.07) is 0. The third kappa shape index (κ3) is 5.52. The second-order valence-corrected chi connectivity index (χ2v) is 6.91. The Bertz CT molecular complexity index is 268. The SMILES string of the molecule is CC(C)CCCCNC(=O)C(C)(C)C1CCCNC1. The molecule has 1 aliphatic rings. The van der Waals surface area contributed by atoms with Gasteiger partial charge in [0.05, 0.1) is 0 Å². The summed E-state index contributed by atoms with van der Waals surface area (Å²) in [6.45, 7) is 11.6. The summed E-state index contributed by atoms with van der Waals surface area (Å²) >= 11 is 0. The molecule has 0 aliphatic carbocycles. The summed E-state index contributed by atoms with van der Waals surface area (Å²) in [5.41, 5.74) is -0.245. The minimum absolute atomic E-state index is 0.228. The number of rotatable bonds is 7. The molecule has 1 saturated heterocycles. The molecule has 2 N–H and O–H groups in total. The maximum absolute atomic E-state index is 12.3. The third-order valence-electron chi connectivity index (χ3n) is 4.40. The van der Waals surface area contributed by atoms with E-state index in [1.807, 2.05) is 0 Å². The van der Waals surface area contributed by atoms with Gasteiger partial charge in [-0.1, -0.05) is 40.5 Å². The quantitative estimate of drug-likeness (QED) is 0.697. The molecule has 1 unspecified atom stereocenters. The molecule has 112 valence electrons. The lowest BCUT2D eigenvalue weighted by atomic mass is 9.74. The highest BCUT2D eigenvalue weighted by Crippen LogP contribution is 2.31. The predicted octanol–water partition coefficient (Wildman–Crippen LogP) is 2.95. The van der Waals surface area contributed by atoms with Crippen LogP contribution in [-0.4, -0.2) is 25.5 Å². The summed E-state index contributed by atoms with van der Waals surface area (Å²) in [5, 5.41) is 6.53. The van der Waals surface area contributed by atoms with Crippen LogP contribution < -0.4 is 10.6 Å². The Labute approximate surface area is 118 Å². The van der Waals surface area contributed by atoms with E-state index in [0.717, 1.165) is 32.0 Å². The van der Waals surface area contributed by atoms with Gasteiger partial charge < -0.3 is 10.6 Å². The van der Waals surface area contributed by atoms with Gasteiger partial charge in [-0.25, -0.2) is 0 Å². The van der Waals surface area contributed by atoms with Gasteiger partial charge in [-0.15, -0.1) is 0 Å². The molecule has 0 aromatic heterocycles. The molecule has 1 aliphatic heterocycles. The van der Waals surface area contributed by atoms with E-state index in [4.69, 9.17) is 0 Å². The first-order chi connectivity index (χ1) is 8.94. The van der Waals surface area contributed by atoms with Crippen LogP contribution in [0.1, 0.15) is 59.8 Å². The smallest absolute Gasteiger partial charge is 0.225 e. The fourth-order valence-corrected chi connectivity index (χ4v) is 2.76. The normalized spacial score (nSPS) is 20.6. The van der Waals surface area contributed by atoms with Crippen LogP contribution in [0.5, 0.6) is 0 Å². The highest BCUT2D eigenvalue weighted by Gasteiger charge is 2.36. The standard InChI is InChI=1S/C16H32N2O/c1-13(2)8-5-6-11-18-15(19)16(3,4)14-9-7-10-17-12-14/h13-14,17H,5-12H2,1-4H3,(H,18,19). The van der Waals surface area contributed by atoms with Gasteiger partial charge in [-0.3, -0.25) is 4.79 Å². The predicted molar refractivity (Wildman–Crippen MR) is 81.1 cm³/mol. The van der Waals surface area contributed by atoms with Gasteiger partial charge in [0.2, 0.25) is 5.91 Å². The fourth-order valence-electron chi connectivity index (χ4n) is 2.76. The topological polar surface area (TPSA) is 41.1 Å². The molecule has 0 radical (unpaired) electrons. The van der Waals surface area contributed by atoms with Crippen LogP contribution in [0.2, 0.25) is 0 Å². The molecule has 0 aromatic rings. The Morgan fingerprint density at radius 1 is 1.37 bits per heavy atom. The van der Waals surface area contributed by atoms with Gasteiger partial charge in [0.15, 0.2) is 0 Å². The Balaban J connectivity index is 2.26. The van der Waals surface area contributed by atoms with E-state index >= 15 is 0 Å². The molecule has 1 fully saturated rings. The summed E-state index contributed by atoms with van der Waals surface area (Å²) in [6.07, 6.45) is 5.93. The minimum atomic E-state index is -0.245. The van der Waals surface area contributed by atoms with E-state index in [0.29, 0.717) is 5.92 Å². The van der Waals surface area contributed by atoms with Crippen molar-refractivity contribution in [2.24, 2.45) is 17.3 Å². The monoisotopic (exact) mass is 268 g/mol. The molecule has 0 bridgehead atoms. The summed E-state index contributed by atoms with van der Waals surface area (Å²) in [7, 11) is 0. The summed E-state index contributed by atoms with van der Waals surface area (Å²) < 4.78 is 0. The van der Waals surface area contributed by atoms with Crippen LogP contribution in [-0.2, 0) is 4.79 Å². The van der Waals surface area contributed by atoms with Crippen molar-refractivity contribution in [2.75, 3.05) is 19.6 Å². The molecule has 0 saturated carbocycles. The maximum Gasteiger partial charge on any atom is 0.225 e. The molecule has 0 aromatic carbocycles. The fraction of sp³-hybridized carbons (Fsp3) is 0.938. The van der Waals surface area contributed by atoms with Crippen molar-refractivity contribution in [2.45, 2.75) is 59.8 Å². The lowest BCUT2D eigenvalue weighted by Crippen LogP contribution is -2.47. The molecule has 1 amide bonds. The third-order valence-corrected chi connectivity index (χ3v) is 4.40. The van der Waals surface area contributed by atoms with Crippen molar-refractivity contribution in [3.8, 4) is 0 Å². The number of carbonyl (C=O) groups is 1. The highest BCUT2D eigenvalue weighted by atomic mass is 16.2. The second kappa shape index (κ2) is 7.88. The van der Waals surface area contributed by atoms with Gasteiger partial charge in [0.25, 0.3) is 0 Å². The van der Waals surface area contributed by atoms with Crippen molar-refractivity contribution < 1.29 is 4.79 Å². The zero-order valence-corrected chi connectivity index (χ0v) is 13.2. The average molecular weight is 268 g/mol. The van der Waals surface area contributed by atoms with Gasteiger partial charge in [0, 0.05) is 12.0 Å². The molecule has 3 nitrogen and oxygen atoms in total. The zero-order valence-electron chi connectivity index (χ0n) is 13.2. The second-order valence-electron chi connectivity index (χ2n) is 6.91. The number of carbonyl (C=O) groups excluding carboxylic acids is 1. The lowest BCUT2D eigenvalue weighted by Gasteiger charge is -2.36. The van der Waals surface area contributed by atoms with Gasteiger partial charge in [0.1, 0.15) is 0 Å². The van der Waals surface area contributed by atoms with E-state index in [1.54, 1.807) is 0 Å². The molecular formula is C16H32N2O. The van der Waals surface area contributed by atoms with Crippen molar-refractivity contribution in [1.29, 1.82) is 0 Å². The van der Waals surface area contributed by atoms with Crippen LogP contribution in [0.4, 0.5) is 0 Å². The van der Waals surface area contributed by atoms with Crippen LogP contribution >= 0.6 is 0 Å². The van der Waals surface area contributed by atoms with Gasteiger partial charge in [-0.05, 0) is 44.2 Å². The van der Waals surface area contributed by atoms with Crippen LogP contribution in [0, 0.1) is 17.3 Å². The van der Waals surface area contributed by atoms with E-state index in [-0.39, 0.29) is 11.3 Å². The Hall–Kier alpha value is -0.570. The molecule has 1 rings (SSSR count). The summed E-state index contributed by atoms with van der Waals surface area (Å²) in [5.74, 6) is 1.46. The minimum Gasteiger partial charge on any atom is -0.356 e. The van der Waals surface area contributed by atoms with Crippen molar-refractivity contribution in [3.63, 3.8) is 0 Å². The van der Waals surface area contributed by atoms with Crippen LogP contribution in [0.15, 0.2) is 0 Å². The van der Waals surface area contributed by atoms with Crippen molar-refractivity contribution in [3.05, 3.63) is 0 Å². The largest absolute Gasteiger partial charge is 0.356 e. The molecule has 19 heavy (non-hydrogen) atoms. The number of hydrogen-bond donors (Lipinski definition) is 2. The molecule has 1 heterocycles. The Morgan fingerprint density at radius 2 is 2.11 bits per heavy atom. The summed E-state index contributed by atoms with van der Waals surface area (Å²) in [4.78, 5) is 12.3. The molecule has 1 atom stereocenters. The van der Waals surface area contributed by atoms with Gasteiger partial charge in [-0.2, -0.15) is 0 Å². The molecule has 3 heteroatoms. The number of piperidine rings is 1. The van der Waals surface area contributed by atoms with Crippen molar-refractivity contribution in [1.82, 2.24) is 10.6 Å². The number of hydrogen-bond acceptors (Lipinski definition) is 2. The van der Waals surface area contributed by atoms with Gasteiger partial charge >= 0.3 is 0 Å². The van der Waals surface area contributed by atoms with E-state index in [9.17, 15) is 4.79 Å². The first kappa shape index (κ1) is 16.5. The Kier molecular flexibility index (Phi) is 6.84. The van der Waals surface area contributed by atoms with Crippen LogP contribution in [0.3, 0.4) is 0 Å². The van der Waals surface area contributed by atoms with Crippen LogP contribution in [0.25, 0.3) is 0 Å². The first-order valence-electron chi connectivity index (χ1n) is 7.93. The van der Waals surface area contributed by atoms with E-state index in [2.05, 4.69) is 38.3 Å². The van der Waals surface area contributed by atoms with Crippen molar-refractivity contribution >= 4 is 5.91 Å². The first-order valence-corrected chi connectivity index (χ1v) is 7.93. The molecular weight excluding hydrogens is 236 g/mol. The highest BCUT2D eigenvalue weighted by molar-refractivity contribution is 5.82. The number of unbranched alkanes of at least 4 members (excludes halogenated alkanes) is 1. The molecule has 0 spiro atoms. The number of nitrogens with one attached hydrogen (secondary N) is 2. The average Bonchev–Trinajstić information content (AvgIpc) is 2.38. The number of amides is 1. The maximum atomic E-state index is 12.3.